The molecule has 1 amide bonds. The molecule has 1 aliphatic heterocycles. The molecule has 0 aliphatic carbocycles. The van der Waals surface area contributed by atoms with Crippen molar-refractivity contribution in [2.45, 2.75) is 26.3 Å². The van der Waals surface area contributed by atoms with Crippen LogP contribution in [0.3, 0.4) is 0 Å². The molecule has 3 rings (SSSR count). The average molecular weight is 402 g/mol. The fourth-order valence-electron chi connectivity index (χ4n) is 3.51. The van der Waals surface area contributed by atoms with Crippen molar-refractivity contribution in [3.63, 3.8) is 0 Å². The zero-order valence-corrected chi connectivity index (χ0v) is 17.7. The molecule has 1 aromatic carbocycles. The van der Waals surface area contributed by atoms with Crippen LogP contribution in [-0.4, -0.2) is 50.7 Å². The van der Waals surface area contributed by atoms with Crippen molar-refractivity contribution in [2.24, 2.45) is 5.92 Å². The van der Waals surface area contributed by atoms with Crippen molar-refractivity contribution in [1.29, 1.82) is 0 Å². The number of rotatable bonds is 9. The summed E-state index contributed by atoms with van der Waals surface area (Å²) in [5.74, 6) is 0.573. The van der Waals surface area contributed by atoms with Gasteiger partial charge in [-0.15, -0.1) is 11.3 Å². The van der Waals surface area contributed by atoms with E-state index in [1.54, 1.807) is 18.4 Å². The van der Waals surface area contributed by atoms with Crippen LogP contribution in [0.25, 0.3) is 0 Å². The minimum Gasteiger partial charge on any atom is -0.383 e. The summed E-state index contributed by atoms with van der Waals surface area (Å²) in [7, 11) is 1.75. The molecule has 2 aromatic rings. The fraction of sp³-hybridized carbons (Fsp3) is 0.500. The number of thiophene rings is 1. The van der Waals surface area contributed by atoms with Crippen LogP contribution >= 0.6 is 11.3 Å². The van der Waals surface area contributed by atoms with E-state index in [0.29, 0.717) is 11.5 Å². The number of nitrogens with zero attached hydrogens (tertiary/aromatic N) is 1. The number of piperidine rings is 1. The molecule has 2 N–H and O–H groups in total. The van der Waals surface area contributed by atoms with Gasteiger partial charge in [-0.2, -0.15) is 0 Å². The van der Waals surface area contributed by atoms with Gasteiger partial charge in [-0.1, -0.05) is 6.07 Å². The second-order valence-electron chi connectivity index (χ2n) is 7.45. The third-order valence-electron chi connectivity index (χ3n) is 5.42. The van der Waals surface area contributed by atoms with E-state index in [4.69, 9.17) is 4.74 Å². The van der Waals surface area contributed by atoms with E-state index < -0.39 is 0 Å². The molecule has 152 valence electrons. The van der Waals surface area contributed by atoms with Crippen LogP contribution < -0.4 is 10.6 Å². The molecule has 2 heterocycles. The first-order chi connectivity index (χ1) is 13.7. The predicted molar refractivity (Wildman–Crippen MR) is 116 cm³/mol. The van der Waals surface area contributed by atoms with Crippen molar-refractivity contribution in [3.05, 3.63) is 51.7 Å². The molecule has 6 heteroatoms. The van der Waals surface area contributed by atoms with Gasteiger partial charge in [0.15, 0.2) is 0 Å². The first-order valence-corrected chi connectivity index (χ1v) is 10.9. The van der Waals surface area contributed by atoms with Crippen molar-refractivity contribution < 1.29 is 9.53 Å². The average Bonchev–Trinajstić information content (AvgIpc) is 3.14. The molecular formula is C22H31N3O2S. The van der Waals surface area contributed by atoms with Crippen molar-refractivity contribution >= 4 is 22.9 Å². The summed E-state index contributed by atoms with van der Waals surface area (Å²) in [4.78, 5) is 16.3. The van der Waals surface area contributed by atoms with Crippen molar-refractivity contribution in [2.75, 3.05) is 45.2 Å². The van der Waals surface area contributed by atoms with Crippen LogP contribution in [0.4, 0.5) is 5.69 Å². The van der Waals surface area contributed by atoms with Gasteiger partial charge in [0, 0.05) is 42.9 Å². The Morgan fingerprint density at radius 2 is 2.11 bits per heavy atom. The summed E-state index contributed by atoms with van der Waals surface area (Å²) < 4.78 is 5.15. The Bertz CT molecular complexity index is 754. The van der Waals surface area contributed by atoms with Crippen LogP contribution in [0.5, 0.6) is 0 Å². The number of carbonyl (C=O) groups excluding carboxylic acids is 1. The van der Waals surface area contributed by atoms with Crippen molar-refractivity contribution in [1.82, 2.24) is 10.2 Å². The molecule has 1 fully saturated rings. The standard InChI is InChI=1S/C22H31N3O2S/c1-17-8-13-28-21(17)16-23-20-5-3-4-19(14-20)22(26)24-15-18-6-9-25(10-7-18)11-12-27-2/h3-5,8,13-14,18,23H,6-7,9-12,15-16H2,1-2H3,(H,24,26). The third kappa shape index (κ3) is 6.06. The molecule has 0 atom stereocenters. The van der Waals surface area contributed by atoms with Gasteiger partial charge in [0.25, 0.3) is 5.91 Å². The van der Waals surface area contributed by atoms with E-state index in [1.165, 1.54) is 10.4 Å². The van der Waals surface area contributed by atoms with E-state index >= 15 is 0 Å². The second kappa shape index (κ2) is 10.6. The third-order valence-corrected chi connectivity index (χ3v) is 6.44. The lowest BCUT2D eigenvalue weighted by molar-refractivity contribution is 0.0926. The SMILES string of the molecule is COCCN1CCC(CNC(=O)c2cccc(NCc3sccc3C)c2)CC1. The quantitative estimate of drug-likeness (QED) is 0.672. The number of nitrogens with one attached hydrogen (secondary N) is 2. The van der Waals surface area contributed by atoms with Crippen LogP contribution in [0.1, 0.15) is 33.6 Å². The molecule has 5 nitrogen and oxygen atoms in total. The maximum absolute atomic E-state index is 12.6. The van der Waals surface area contributed by atoms with Crippen LogP contribution in [0, 0.1) is 12.8 Å². The minimum atomic E-state index is 0.0118. The molecule has 0 spiro atoms. The van der Waals surface area contributed by atoms with Crippen LogP contribution in [0.15, 0.2) is 35.7 Å². The largest absolute Gasteiger partial charge is 0.383 e. The van der Waals surface area contributed by atoms with Gasteiger partial charge in [-0.25, -0.2) is 0 Å². The van der Waals surface area contributed by atoms with Gasteiger partial charge in [0.1, 0.15) is 0 Å². The smallest absolute Gasteiger partial charge is 0.251 e. The Hall–Kier alpha value is -1.89. The van der Waals surface area contributed by atoms with E-state index in [0.717, 1.165) is 57.9 Å². The Balaban J connectivity index is 1.44. The number of anilines is 1. The summed E-state index contributed by atoms with van der Waals surface area (Å²) in [5, 5.41) is 8.66. The maximum atomic E-state index is 12.6. The van der Waals surface area contributed by atoms with Gasteiger partial charge in [-0.05, 0) is 74.0 Å². The number of likely N-dealkylation sites (tertiary alicyclic amines) is 1. The zero-order chi connectivity index (χ0) is 19.8. The number of amides is 1. The van der Waals surface area contributed by atoms with Gasteiger partial charge < -0.3 is 20.3 Å². The fourth-order valence-corrected chi connectivity index (χ4v) is 4.36. The molecule has 1 aliphatic rings. The molecular weight excluding hydrogens is 370 g/mol. The monoisotopic (exact) mass is 401 g/mol. The van der Waals surface area contributed by atoms with Crippen molar-refractivity contribution in [3.8, 4) is 0 Å². The number of benzene rings is 1. The lowest BCUT2D eigenvalue weighted by atomic mass is 9.96. The van der Waals surface area contributed by atoms with E-state index in [2.05, 4.69) is 33.9 Å². The number of hydrogen-bond donors (Lipinski definition) is 2. The van der Waals surface area contributed by atoms with Crippen LogP contribution in [0.2, 0.25) is 0 Å². The molecule has 0 unspecified atom stereocenters. The van der Waals surface area contributed by atoms with E-state index in [-0.39, 0.29) is 5.91 Å². The number of aryl methyl sites for hydroxylation is 1. The number of methoxy groups -OCH3 is 1. The molecule has 1 saturated heterocycles. The summed E-state index contributed by atoms with van der Waals surface area (Å²) in [6.45, 7) is 7.63. The maximum Gasteiger partial charge on any atom is 0.251 e. The molecule has 28 heavy (non-hydrogen) atoms. The number of ether oxygens (including phenoxy) is 1. The predicted octanol–water partition coefficient (Wildman–Crippen LogP) is 3.76. The lowest BCUT2D eigenvalue weighted by Crippen LogP contribution is -2.39. The summed E-state index contributed by atoms with van der Waals surface area (Å²) >= 11 is 1.76. The van der Waals surface area contributed by atoms with Gasteiger partial charge in [0.2, 0.25) is 0 Å². The van der Waals surface area contributed by atoms with E-state index in [1.807, 2.05) is 24.3 Å². The molecule has 0 radical (unpaired) electrons. The molecule has 0 bridgehead atoms. The van der Waals surface area contributed by atoms with Crippen LogP contribution in [-0.2, 0) is 11.3 Å². The topological polar surface area (TPSA) is 53.6 Å². The summed E-state index contributed by atoms with van der Waals surface area (Å²) in [5.41, 5.74) is 3.00. The van der Waals surface area contributed by atoms with E-state index in [9.17, 15) is 4.79 Å². The summed E-state index contributed by atoms with van der Waals surface area (Å²) in [6, 6.07) is 9.89. The Labute approximate surface area is 172 Å². The molecule has 1 aromatic heterocycles. The number of carbonyl (C=O) groups is 1. The Kier molecular flexibility index (Phi) is 7.89. The Morgan fingerprint density at radius 1 is 1.29 bits per heavy atom. The second-order valence-corrected chi connectivity index (χ2v) is 8.45. The normalized spacial score (nSPS) is 15.5. The first kappa shape index (κ1) is 20.8. The zero-order valence-electron chi connectivity index (χ0n) is 16.9. The van der Waals surface area contributed by atoms with Gasteiger partial charge >= 0.3 is 0 Å². The highest BCUT2D eigenvalue weighted by atomic mass is 32.1. The molecule has 0 saturated carbocycles. The highest BCUT2D eigenvalue weighted by molar-refractivity contribution is 7.10. The minimum absolute atomic E-state index is 0.0118. The first-order valence-electron chi connectivity index (χ1n) is 10.0. The highest BCUT2D eigenvalue weighted by Gasteiger charge is 2.19. The van der Waals surface area contributed by atoms with Gasteiger partial charge in [0.05, 0.1) is 6.61 Å². The summed E-state index contributed by atoms with van der Waals surface area (Å²) in [6.07, 6.45) is 2.26. The van der Waals surface area contributed by atoms with Gasteiger partial charge in [-0.3, -0.25) is 4.79 Å². The highest BCUT2D eigenvalue weighted by Crippen LogP contribution is 2.19. The number of hydrogen-bond acceptors (Lipinski definition) is 5. The lowest BCUT2D eigenvalue weighted by Gasteiger charge is -2.31. The Morgan fingerprint density at radius 3 is 2.82 bits per heavy atom.